The van der Waals surface area contributed by atoms with Gasteiger partial charge in [0.1, 0.15) is 11.6 Å². The van der Waals surface area contributed by atoms with Gasteiger partial charge in [-0.2, -0.15) is 9.97 Å². The van der Waals surface area contributed by atoms with Gasteiger partial charge < -0.3 is 25.2 Å². The molecule has 1 aromatic rings. The number of nitrogens with zero attached hydrogens (tertiary/aromatic N) is 4. The third-order valence-corrected chi connectivity index (χ3v) is 5.23. The average molecular weight is 393 g/mol. The monoisotopic (exact) mass is 392 g/mol. The fourth-order valence-corrected chi connectivity index (χ4v) is 4.02. The number of ether oxygens (including phenoxy) is 1. The molecule has 0 radical (unpaired) electrons. The van der Waals surface area contributed by atoms with Gasteiger partial charge in [-0.3, -0.25) is 0 Å². The molecule has 0 bridgehead atoms. The number of nitrogens with one attached hydrogen (secondary N) is 2. The van der Waals surface area contributed by atoms with Gasteiger partial charge in [0, 0.05) is 38.8 Å². The van der Waals surface area contributed by atoms with Gasteiger partial charge in [0.15, 0.2) is 5.11 Å². The Hall–Kier alpha value is -1.67. The van der Waals surface area contributed by atoms with Gasteiger partial charge in [-0.15, -0.1) is 0 Å². The molecule has 0 aromatic carbocycles. The molecule has 7 nitrogen and oxygen atoms in total. The molecule has 0 saturated carbocycles. The summed E-state index contributed by atoms with van der Waals surface area (Å²) in [5.41, 5.74) is 0. The third kappa shape index (κ3) is 5.65. The maximum atomic E-state index is 5.49. The van der Waals surface area contributed by atoms with E-state index in [-0.39, 0.29) is 0 Å². The summed E-state index contributed by atoms with van der Waals surface area (Å²) in [4.78, 5) is 14.2. The van der Waals surface area contributed by atoms with Gasteiger partial charge in [0.25, 0.3) is 0 Å². The Kier molecular flexibility index (Phi) is 7.07. The highest BCUT2D eigenvalue weighted by atomic mass is 32.1. The fraction of sp³-hybridized carbons (Fsp3) is 0.737. The highest BCUT2D eigenvalue weighted by Crippen LogP contribution is 2.28. The molecule has 2 saturated heterocycles. The van der Waals surface area contributed by atoms with E-state index in [1.165, 1.54) is 6.42 Å². The van der Waals surface area contributed by atoms with Gasteiger partial charge in [0.2, 0.25) is 5.95 Å². The van der Waals surface area contributed by atoms with Crippen LogP contribution in [0.2, 0.25) is 0 Å². The number of morpholine rings is 1. The molecule has 0 spiro atoms. The number of hydrogen-bond acceptors (Lipinski definition) is 6. The molecule has 2 fully saturated rings. The van der Waals surface area contributed by atoms with E-state index in [0.29, 0.717) is 22.9 Å². The van der Waals surface area contributed by atoms with Gasteiger partial charge in [-0.25, -0.2) is 0 Å². The quantitative estimate of drug-likeness (QED) is 0.741. The minimum absolute atomic E-state index is 0.563. The Morgan fingerprint density at radius 3 is 2.41 bits per heavy atom. The largest absolute Gasteiger partial charge is 0.378 e. The maximum Gasteiger partial charge on any atom is 0.232 e. The van der Waals surface area contributed by atoms with E-state index in [4.69, 9.17) is 26.9 Å². The Balaban J connectivity index is 1.84. The maximum absolute atomic E-state index is 5.49. The highest BCUT2D eigenvalue weighted by molar-refractivity contribution is 7.80. The molecule has 0 aliphatic carbocycles. The van der Waals surface area contributed by atoms with Crippen LogP contribution in [0.4, 0.5) is 17.6 Å². The van der Waals surface area contributed by atoms with E-state index in [9.17, 15) is 0 Å². The second-order valence-corrected chi connectivity index (χ2v) is 8.15. The minimum Gasteiger partial charge on any atom is -0.378 e. The topological polar surface area (TPSA) is 65.6 Å². The smallest absolute Gasteiger partial charge is 0.232 e. The highest BCUT2D eigenvalue weighted by Gasteiger charge is 2.25. The van der Waals surface area contributed by atoms with Gasteiger partial charge in [0.05, 0.1) is 13.2 Å². The van der Waals surface area contributed by atoms with Crippen LogP contribution < -0.4 is 20.4 Å². The molecule has 0 amide bonds. The van der Waals surface area contributed by atoms with E-state index in [2.05, 4.69) is 47.3 Å². The molecule has 150 valence electrons. The van der Waals surface area contributed by atoms with Crippen LogP contribution in [0.1, 0.15) is 33.6 Å². The van der Waals surface area contributed by atoms with Crippen molar-refractivity contribution in [2.24, 2.45) is 11.8 Å². The average Bonchev–Trinajstić information content (AvgIpc) is 2.66. The van der Waals surface area contributed by atoms with Crippen LogP contribution in [0.15, 0.2) is 6.07 Å². The summed E-state index contributed by atoms with van der Waals surface area (Å²) in [6.07, 6.45) is 2.29. The van der Waals surface area contributed by atoms with Gasteiger partial charge >= 0.3 is 0 Å². The molecule has 8 heteroatoms. The standard InChI is InChI=1S/C19H32N6OS/c1-4-5-20-19(27)23-18-21-16(24-6-8-26-9-7-24)11-17(22-18)25-12-14(2)10-15(3)13-25/h11,14-15H,4-10,12-13H2,1-3H3,(H2,20,21,22,23,27)/t14-,15+. The molecule has 0 unspecified atom stereocenters. The van der Waals surface area contributed by atoms with E-state index in [1.54, 1.807) is 0 Å². The molecule has 3 rings (SSSR count). The fourth-order valence-electron chi connectivity index (χ4n) is 3.83. The van der Waals surface area contributed by atoms with Crippen molar-refractivity contribution >= 4 is 34.9 Å². The Labute approximate surface area is 167 Å². The van der Waals surface area contributed by atoms with Crippen LogP contribution in [0.3, 0.4) is 0 Å². The molecule has 2 atom stereocenters. The Bertz CT molecular complexity index is 627. The van der Waals surface area contributed by atoms with Crippen LogP contribution in [0, 0.1) is 11.8 Å². The molecular weight excluding hydrogens is 360 g/mol. The van der Waals surface area contributed by atoms with Crippen molar-refractivity contribution in [1.29, 1.82) is 0 Å². The van der Waals surface area contributed by atoms with E-state index in [1.807, 2.05) is 0 Å². The van der Waals surface area contributed by atoms with E-state index >= 15 is 0 Å². The number of piperidine rings is 1. The second-order valence-electron chi connectivity index (χ2n) is 7.74. The summed E-state index contributed by atoms with van der Waals surface area (Å²) >= 11 is 5.39. The summed E-state index contributed by atoms with van der Waals surface area (Å²) in [5, 5.41) is 6.93. The van der Waals surface area contributed by atoms with Gasteiger partial charge in [-0.1, -0.05) is 20.8 Å². The van der Waals surface area contributed by atoms with Crippen molar-refractivity contribution in [3.63, 3.8) is 0 Å². The summed E-state index contributed by atoms with van der Waals surface area (Å²) in [7, 11) is 0. The second kappa shape index (κ2) is 9.50. The minimum atomic E-state index is 0.563. The zero-order valence-corrected chi connectivity index (χ0v) is 17.5. The summed E-state index contributed by atoms with van der Waals surface area (Å²) in [6.45, 7) is 12.8. The predicted molar refractivity (Wildman–Crippen MR) is 115 cm³/mol. The summed E-state index contributed by atoms with van der Waals surface area (Å²) in [5.74, 6) is 3.81. The molecule has 1 aromatic heterocycles. The van der Waals surface area contributed by atoms with Crippen LogP contribution in [-0.2, 0) is 4.74 Å². The zero-order chi connectivity index (χ0) is 19.2. The number of thiocarbonyl (C=S) groups is 1. The van der Waals surface area contributed by atoms with Crippen molar-refractivity contribution in [2.45, 2.75) is 33.6 Å². The van der Waals surface area contributed by atoms with Crippen LogP contribution in [0.25, 0.3) is 0 Å². The van der Waals surface area contributed by atoms with Crippen LogP contribution in [0.5, 0.6) is 0 Å². The van der Waals surface area contributed by atoms with Crippen molar-refractivity contribution in [2.75, 3.05) is 61.1 Å². The lowest BCUT2D eigenvalue weighted by Crippen LogP contribution is -2.40. The molecule has 27 heavy (non-hydrogen) atoms. The SMILES string of the molecule is CCCNC(=S)Nc1nc(N2CCOCC2)cc(N2C[C@H](C)C[C@H](C)C2)n1. The lowest BCUT2D eigenvalue weighted by Gasteiger charge is -2.36. The molecule has 2 aliphatic rings. The third-order valence-electron chi connectivity index (χ3n) is 4.99. The van der Waals surface area contributed by atoms with E-state index < -0.39 is 0 Å². The molecule has 2 aliphatic heterocycles. The molecule has 3 heterocycles. The first-order chi connectivity index (χ1) is 13.0. The number of anilines is 3. The summed E-state index contributed by atoms with van der Waals surface area (Å²) < 4.78 is 5.49. The van der Waals surface area contributed by atoms with Crippen molar-refractivity contribution < 1.29 is 4.74 Å². The molecular formula is C19H32N6OS. The lowest BCUT2D eigenvalue weighted by atomic mass is 9.92. The van der Waals surface area contributed by atoms with Crippen molar-refractivity contribution in [1.82, 2.24) is 15.3 Å². The van der Waals surface area contributed by atoms with Crippen LogP contribution in [-0.4, -0.2) is 61.0 Å². The Morgan fingerprint density at radius 1 is 1.15 bits per heavy atom. The normalized spacial score (nSPS) is 23.2. The lowest BCUT2D eigenvalue weighted by molar-refractivity contribution is 0.122. The summed E-state index contributed by atoms with van der Waals surface area (Å²) in [6, 6.07) is 2.11. The predicted octanol–water partition coefficient (Wildman–Crippen LogP) is 2.49. The zero-order valence-electron chi connectivity index (χ0n) is 16.7. The number of aromatic nitrogens is 2. The van der Waals surface area contributed by atoms with E-state index in [0.717, 1.165) is 64.0 Å². The number of rotatable bonds is 5. The van der Waals surface area contributed by atoms with Crippen LogP contribution >= 0.6 is 12.2 Å². The van der Waals surface area contributed by atoms with Crippen molar-refractivity contribution in [3.05, 3.63) is 6.07 Å². The first-order valence-corrected chi connectivity index (χ1v) is 10.5. The first kappa shape index (κ1) is 20.1. The first-order valence-electron chi connectivity index (χ1n) is 10.1. The Morgan fingerprint density at radius 2 is 1.78 bits per heavy atom. The van der Waals surface area contributed by atoms with Gasteiger partial charge in [-0.05, 0) is 36.9 Å². The number of hydrogen-bond donors (Lipinski definition) is 2. The molecule has 2 N–H and O–H groups in total. The van der Waals surface area contributed by atoms with Crippen molar-refractivity contribution in [3.8, 4) is 0 Å².